The molecule has 0 aliphatic heterocycles. The average Bonchev–Trinajstić information content (AvgIpc) is 3.63. The molecule has 0 heterocycles. The van der Waals surface area contributed by atoms with Crippen LogP contribution in [0.15, 0.2) is 188 Å². The predicted molar refractivity (Wildman–Crippen MR) is 213 cm³/mol. The summed E-state index contributed by atoms with van der Waals surface area (Å²) in [6, 6.07) is 69.8. The second-order valence-corrected chi connectivity index (χ2v) is 14.5. The van der Waals surface area contributed by atoms with Crippen molar-refractivity contribution in [1.82, 2.24) is 0 Å². The van der Waals surface area contributed by atoms with Gasteiger partial charge < -0.3 is 4.90 Å². The van der Waals surface area contributed by atoms with Gasteiger partial charge in [0, 0.05) is 22.4 Å². The van der Waals surface area contributed by atoms with Gasteiger partial charge in [0.05, 0.1) is 11.1 Å². The van der Waals surface area contributed by atoms with Crippen LogP contribution in [-0.4, -0.2) is 0 Å². The zero-order valence-electron chi connectivity index (χ0n) is 28.8. The first kappa shape index (κ1) is 29.7. The number of fused-ring (bicyclic) bond motifs is 8. The maximum atomic E-state index is 2.51. The van der Waals surface area contributed by atoms with Gasteiger partial charge in [-0.1, -0.05) is 172 Å². The van der Waals surface area contributed by atoms with E-state index >= 15 is 0 Å². The highest BCUT2D eigenvalue weighted by molar-refractivity contribution is 6.06. The van der Waals surface area contributed by atoms with Crippen molar-refractivity contribution in [2.75, 3.05) is 4.90 Å². The summed E-state index contributed by atoms with van der Waals surface area (Å²) in [4.78, 5) is 2.51. The molecular formula is C50H37N. The molecule has 0 fully saturated rings. The van der Waals surface area contributed by atoms with Gasteiger partial charge in [-0.05, 0) is 91.2 Å². The van der Waals surface area contributed by atoms with E-state index in [1.807, 2.05) is 0 Å². The van der Waals surface area contributed by atoms with Crippen molar-refractivity contribution in [2.24, 2.45) is 0 Å². The summed E-state index contributed by atoms with van der Waals surface area (Å²) in [6.45, 7) is 4.73. The number of hydrogen-bond donors (Lipinski definition) is 0. The monoisotopic (exact) mass is 651 g/mol. The highest BCUT2D eigenvalue weighted by atomic mass is 15.1. The van der Waals surface area contributed by atoms with E-state index in [9.17, 15) is 0 Å². The SMILES string of the molecule is CC1(C)c2ccccc2-c2ccc(N(c3ccccc3)c3cccc4c3C(c3ccccc3)(c3ccccc3)c3ccc5ccccc5c3-4)cc21. The van der Waals surface area contributed by atoms with Gasteiger partial charge in [0.2, 0.25) is 0 Å². The Labute approximate surface area is 300 Å². The van der Waals surface area contributed by atoms with E-state index < -0.39 is 5.41 Å². The Morgan fingerprint density at radius 2 is 1.02 bits per heavy atom. The molecule has 1 heteroatoms. The Bertz CT molecular complexity index is 2560. The molecule has 51 heavy (non-hydrogen) atoms. The Kier molecular flexibility index (Phi) is 6.51. The highest BCUT2D eigenvalue weighted by Crippen LogP contribution is 2.61. The van der Waals surface area contributed by atoms with E-state index in [4.69, 9.17) is 0 Å². The van der Waals surface area contributed by atoms with Crippen molar-refractivity contribution in [2.45, 2.75) is 24.7 Å². The first-order valence-electron chi connectivity index (χ1n) is 18.0. The standard InChI is InChI=1S/C50H37N/c1-49(2)43-27-15-14-25-40(43)41-31-30-38(33-45(41)49)51(37-22-10-5-11-23-37)46-28-16-26-42-47-39-24-13-12-17-34(39)29-32-44(47)50(48(42)46,35-18-6-3-7-19-35)36-20-8-4-9-21-36/h3-33H,1-2H3. The minimum absolute atomic E-state index is 0.115. The van der Waals surface area contributed by atoms with Crippen molar-refractivity contribution in [3.8, 4) is 22.3 Å². The molecule has 0 radical (unpaired) electrons. The lowest BCUT2D eigenvalue weighted by atomic mass is 9.67. The quantitative estimate of drug-likeness (QED) is 0.179. The minimum Gasteiger partial charge on any atom is -0.310 e. The van der Waals surface area contributed by atoms with Crippen LogP contribution in [0.5, 0.6) is 0 Å². The number of anilines is 3. The molecule has 0 amide bonds. The summed E-state index contributed by atoms with van der Waals surface area (Å²) in [5.41, 5.74) is 16.0. The van der Waals surface area contributed by atoms with Crippen LogP contribution in [0, 0.1) is 0 Å². The van der Waals surface area contributed by atoms with Crippen molar-refractivity contribution < 1.29 is 0 Å². The fraction of sp³-hybridized carbons (Fsp3) is 0.0800. The lowest BCUT2D eigenvalue weighted by Gasteiger charge is -2.38. The van der Waals surface area contributed by atoms with Crippen molar-refractivity contribution in [3.05, 3.63) is 221 Å². The molecule has 1 nitrogen and oxygen atoms in total. The van der Waals surface area contributed by atoms with E-state index in [0.717, 1.165) is 11.4 Å². The summed E-state index contributed by atoms with van der Waals surface area (Å²) in [7, 11) is 0. The summed E-state index contributed by atoms with van der Waals surface area (Å²) >= 11 is 0. The van der Waals surface area contributed by atoms with Crippen LogP contribution in [0.25, 0.3) is 33.0 Å². The summed E-state index contributed by atoms with van der Waals surface area (Å²) < 4.78 is 0. The molecule has 0 unspecified atom stereocenters. The van der Waals surface area contributed by atoms with Gasteiger partial charge in [-0.15, -0.1) is 0 Å². The van der Waals surface area contributed by atoms with E-state index in [0.29, 0.717) is 0 Å². The number of para-hydroxylation sites is 1. The maximum Gasteiger partial charge on any atom is 0.0734 e. The Balaban J connectivity index is 1.33. The number of nitrogens with zero attached hydrogens (tertiary/aromatic N) is 1. The Morgan fingerprint density at radius 1 is 0.412 bits per heavy atom. The van der Waals surface area contributed by atoms with Crippen LogP contribution in [0.3, 0.4) is 0 Å². The van der Waals surface area contributed by atoms with Crippen molar-refractivity contribution in [3.63, 3.8) is 0 Å². The zero-order chi connectivity index (χ0) is 34.2. The van der Waals surface area contributed by atoms with E-state index in [2.05, 4.69) is 207 Å². The van der Waals surface area contributed by atoms with Gasteiger partial charge in [-0.25, -0.2) is 0 Å². The van der Waals surface area contributed by atoms with Crippen LogP contribution >= 0.6 is 0 Å². The molecule has 8 aromatic carbocycles. The summed E-state index contributed by atoms with van der Waals surface area (Å²) in [5.74, 6) is 0. The van der Waals surface area contributed by atoms with Crippen LogP contribution in [0.4, 0.5) is 17.1 Å². The molecular weight excluding hydrogens is 615 g/mol. The summed E-state index contributed by atoms with van der Waals surface area (Å²) in [6.07, 6.45) is 0. The lowest BCUT2D eigenvalue weighted by molar-refractivity contribution is 0.660. The number of rotatable bonds is 5. The number of benzene rings is 8. The third-order valence-electron chi connectivity index (χ3n) is 11.5. The van der Waals surface area contributed by atoms with Gasteiger partial charge in [0.15, 0.2) is 0 Å². The van der Waals surface area contributed by atoms with Gasteiger partial charge in [0.25, 0.3) is 0 Å². The average molecular weight is 652 g/mol. The van der Waals surface area contributed by atoms with Crippen molar-refractivity contribution in [1.29, 1.82) is 0 Å². The fourth-order valence-electron chi connectivity index (χ4n) is 9.32. The third-order valence-corrected chi connectivity index (χ3v) is 11.5. The Morgan fingerprint density at radius 3 is 1.76 bits per heavy atom. The smallest absolute Gasteiger partial charge is 0.0734 e. The van der Waals surface area contributed by atoms with E-state index in [-0.39, 0.29) is 5.41 Å². The second-order valence-electron chi connectivity index (χ2n) is 14.5. The normalized spacial score (nSPS) is 14.4. The molecule has 0 saturated carbocycles. The maximum absolute atomic E-state index is 2.51. The third kappa shape index (κ3) is 4.15. The van der Waals surface area contributed by atoms with E-state index in [1.54, 1.807) is 0 Å². The van der Waals surface area contributed by atoms with Gasteiger partial charge >= 0.3 is 0 Å². The minimum atomic E-state index is -0.562. The van der Waals surface area contributed by atoms with Crippen LogP contribution in [-0.2, 0) is 10.8 Å². The number of hydrogen-bond acceptors (Lipinski definition) is 1. The molecule has 0 aromatic heterocycles. The van der Waals surface area contributed by atoms with Crippen LogP contribution < -0.4 is 4.90 Å². The molecule has 0 atom stereocenters. The molecule has 0 N–H and O–H groups in total. The second kappa shape index (κ2) is 11.2. The molecule has 0 bridgehead atoms. The summed E-state index contributed by atoms with van der Waals surface area (Å²) in [5, 5.41) is 2.54. The molecule has 0 saturated heterocycles. The van der Waals surface area contributed by atoms with Crippen LogP contribution in [0.2, 0.25) is 0 Å². The van der Waals surface area contributed by atoms with Crippen molar-refractivity contribution >= 4 is 27.8 Å². The molecule has 2 aliphatic carbocycles. The van der Waals surface area contributed by atoms with E-state index in [1.165, 1.54) is 72.1 Å². The zero-order valence-corrected chi connectivity index (χ0v) is 28.8. The van der Waals surface area contributed by atoms with Gasteiger partial charge in [-0.2, -0.15) is 0 Å². The predicted octanol–water partition coefficient (Wildman–Crippen LogP) is 13.0. The largest absolute Gasteiger partial charge is 0.310 e. The van der Waals surface area contributed by atoms with Crippen LogP contribution in [0.1, 0.15) is 47.2 Å². The Hall–Kier alpha value is -6.18. The molecule has 8 aromatic rings. The lowest BCUT2D eigenvalue weighted by Crippen LogP contribution is -2.30. The first-order chi connectivity index (χ1) is 25.1. The van der Waals surface area contributed by atoms with Gasteiger partial charge in [-0.3, -0.25) is 0 Å². The fourth-order valence-corrected chi connectivity index (χ4v) is 9.32. The topological polar surface area (TPSA) is 3.24 Å². The highest BCUT2D eigenvalue weighted by Gasteiger charge is 2.49. The molecule has 2 aliphatic rings. The molecule has 0 spiro atoms. The molecule has 10 rings (SSSR count). The van der Waals surface area contributed by atoms with Gasteiger partial charge in [0.1, 0.15) is 0 Å². The molecule has 242 valence electrons. The first-order valence-corrected chi connectivity index (χ1v) is 18.0.